The predicted molar refractivity (Wildman–Crippen MR) is 121 cm³/mol. The molecule has 0 radical (unpaired) electrons. The fourth-order valence-corrected chi connectivity index (χ4v) is 4.81. The number of hydrogen-bond acceptors (Lipinski definition) is 2. The van der Waals surface area contributed by atoms with Gasteiger partial charge in [0.25, 0.3) is 0 Å². The average Bonchev–Trinajstić information content (AvgIpc) is 3.32. The molecule has 6 heteroatoms. The largest absolute Gasteiger partial charge is 0.310 e. The van der Waals surface area contributed by atoms with Crippen molar-refractivity contribution in [2.75, 3.05) is 0 Å². The van der Waals surface area contributed by atoms with Gasteiger partial charge in [-0.15, -0.1) is 0 Å². The van der Waals surface area contributed by atoms with Crippen LogP contribution in [0, 0.1) is 12.7 Å². The normalized spacial score (nSPS) is 11.3. The molecule has 0 saturated carbocycles. The predicted octanol–water partition coefficient (Wildman–Crippen LogP) is 7.07. The van der Waals surface area contributed by atoms with Crippen molar-refractivity contribution in [1.82, 2.24) is 14.3 Å². The van der Waals surface area contributed by atoms with Gasteiger partial charge >= 0.3 is 0 Å². The van der Waals surface area contributed by atoms with Gasteiger partial charge in [0.05, 0.1) is 29.3 Å². The van der Waals surface area contributed by atoms with Crippen LogP contribution in [-0.2, 0) is 0 Å². The minimum atomic E-state index is -0.268. The molecule has 0 aliphatic carbocycles. The van der Waals surface area contributed by atoms with Crippen LogP contribution >= 0.6 is 23.4 Å². The van der Waals surface area contributed by atoms with E-state index in [9.17, 15) is 4.39 Å². The van der Waals surface area contributed by atoms with Gasteiger partial charge in [-0.05, 0) is 55.5 Å². The monoisotopic (exact) mass is 433 g/mol. The third-order valence-electron chi connectivity index (χ3n) is 4.99. The summed E-state index contributed by atoms with van der Waals surface area (Å²) in [5.41, 5.74) is 3.86. The van der Waals surface area contributed by atoms with Gasteiger partial charge in [-0.25, -0.2) is 9.07 Å². The number of halogens is 2. The summed E-state index contributed by atoms with van der Waals surface area (Å²) in [7, 11) is 0. The lowest BCUT2D eigenvalue weighted by Gasteiger charge is -2.06. The Hall–Kier alpha value is -3.02. The van der Waals surface area contributed by atoms with Crippen LogP contribution in [0.25, 0.3) is 22.3 Å². The molecule has 5 aromatic rings. The van der Waals surface area contributed by atoms with Crippen LogP contribution in [0.2, 0.25) is 5.02 Å². The molecule has 0 saturated heterocycles. The molecule has 0 spiro atoms. The Morgan fingerprint density at radius 2 is 1.70 bits per heavy atom. The second-order valence-electron chi connectivity index (χ2n) is 6.95. The van der Waals surface area contributed by atoms with Gasteiger partial charge < -0.3 is 4.57 Å². The number of aromatic nitrogens is 3. The van der Waals surface area contributed by atoms with E-state index >= 15 is 0 Å². The molecule has 30 heavy (non-hydrogen) atoms. The quantitative estimate of drug-likeness (QED) is 0.302. The van der Waals surface area contributed by atoms with E-state index in [1.165, 1.54) is 21.9 Å². The number of benzene rings is 3. The first-order chi connectivity index (χ1) is 14.6. The molecule has 0 aliphatic rings. The maximum atomic E-state index is 13.3. The molecule has 0 amide bonds. The summed E-state index contributed by atoms with van der Waals surface area (Å²) in [6.07, 6.45) is 3.76. The molecule has 148 valence electrons. The molecule has 0 aliphatic heterocycles. The van der Waals surface area contributed by atoms with Crippen molar-refractivity contribution in [3.05, 3.63) is 102 Å². The smallest absolute Gasteiger partial charge is 0.123 e. The van der Waals surface area contributed by atoms with Crippen LogP contribution in [0.15, 0.2) is 95.0 Å². The molecule has 3 aromatic carbocycles. The number of nitrogens with zero attached hydrogens (tertiary/aromatic N) is 3. The van der Waals surface area contributed by atoms with E-state index in [4.69, 9.17) is 11.6 Å². The van der Waals surface area contributed by atoms with E-state index in [0.29, 0.717) is 5.02 Å². The summed E-state index contributed by atoms with van der Waals surface area (Å²) < 4.78 is 17.2. The topological polar surface area (TPSA) is 22.8 Å². The molecule has 0 atom stereocenters. The van der Waals surface area contributed by atoms with E-state index < -0.39 is 0 Å². The maximum absolute atomic E-state index is 13.3. The molecule has 2 aromatic heterocycles. The first-order valence-electron chi connectivity index (χ1n) is 9.44. The Kier molecular flexibility index (Phi) is 4.85. The molecular weight excluding hydrogens is 417 g/mol. The van der Waals surface area contributed by atoms with Crippen molar-refractivity contribution in [3.8, 4) is 11.4 Å². The summed E-state index contributed by atoms with van der Waals surface area (Å²) in [6.45, 7) is 2.11. The Balaban J connectivity index is 1.65. The van der Waals surface area contributed by atoms with Crippen LogP contribution in [0.3, 0.4) is 0 Å². The van der Waals surface area contributed by atoms with Gasteiger partial charge in [0.15, 0.2) is 0 Å². The van der Waals surface area contributed by atoms with E-state index in [0.717, 1.165) is 28.0 Å². The van der Waals surface area contributed by atoms with Gasteiger partial charge in [0.1, 0.15) is 5.82 Å². The lowest BCUT2D eigenvalue weighted by molar-refractivity contribution is 0.627. The van der Waals surface area contributed by atoms with Gasteiger partial charge in [-0.2, -0.15) is 5.10 Å². The highest BCUT2D eigenvalue weighted by Crippen LogP contribution is 2.40. The van der Waals surface area contributed by atoms with E-state index in [2.05, 4.69) is 34.8 Å². The fourth-order valence-electron chi connectivity index (χ4n) is 3.59. The lowest BCUT2D eigenvalue weighted by Crippen LogP contribution is -1.96. The molecule has 3 nitrogen and oxygen atoms in total. The Labute approximate surface area is 182 Å². The molecule has 0 N–H and O–H groups in total. The third-order valence-corrected chi connectivity index (χ3v) is 6.45. The molecule has 0 bridgehead atoms. The van der Waals surface area contributed by atoms with Crippen molar-refractivity contribution >= 4 is 34.3 Å². The zero-order chi connectivity index (χ0) is 20.7. The van der Waals surface area contributed by atoms with Crippen molar-refractivity contribution < 1.29 is 4.39 Å². The minimum absolute atomic E-state index is 0.268. The van der Waals surface area contributed by atoms with E-state index in [-0.39, 0.29) is 5.82 Å². The zero-order valence-electron chi connectivity index (χ0n) is 16.1. The molecule has 0 fully saturated rings. The van der Waals surface area contributed by atoms with Gasteiger partial charge in [-0.3, -0.25) is 0 Å². The Morgan fingerprint density at radius 3 is 2.47 bits per heavy atom. The van der Waals surface area contributed by atoms with Crippen LogP contribution in [0.5, 0.6) is 0 Å². The van der Waals surface area contributed by atoms with Crippen LogP contribution in [-0.4, -0.2) is 14.3 Å². The number of rotatable bonds is 4. The van der Waals surface area contributed by atoms with Crippen LogP contribution in [0.1, 0.15) is 5.69 Å². The highest BCUT2D eigenvalue weighted by atomic mass is 35.5. The maximum Gasteiger partial charge on any atom is 0.123 e. The first kappa shape index (κ1) is 19.0. The second-order valence-corrected chi connectivity index (χ2v) is 8.47. The van der Waals surface area contributed by atoms with Gasteiger partial charge in [0, 0.05) is 25.9 Å². The van der Waals surface area contributed by atoms with E-state index in [1.54, 1.807) is 28.6 Å². The van der Waals surface area contributed by atoms with Crippen molar-refractivity contribution in [1.29, 1.82) is 0 Å². The molecular formula is C24H17ClFN3S. The van der Waals surface area contributed by atoms with Gasteiger partial charge in [-0.1, -0.05) is 47.6 Å². The SMILES string of the molecule is Cc1c(Sc2ccccc2)c2ccc(Cl)cc2n1-c1cnn(-c2ccc(F)cc2)c1. The average molecular weight is 434 g/mol. The summed E-state index contributed by atoms with van der Waals surface area (Å²) in [5.74, 6) is -0.268. The second kappa shape index (κ2) is 7.67. The highest BCUT2D eigenvalue weighted by molar-refractivity contribution is 7.99. The molecule has 0 unspecified atom stereocenters. The number of fused-ring (bicyclic) bond motifs is 1. The first-order valence-corrected chi connectivity index (χ1v) is 10.6. The zero-order valence-corrected chi connectivity index (χ0v) is 17.7. The molecule has 2 heterocycles. The lowest BCUT2D eigenvalue weighted by atomic mass is 10.2. The summed E-state index contributed by atoms with van der Waals surface area (Å²) in [4.78, 5) is 2.36. The third kappa shape index (κ3) is 3.40. The standard InChI is InChI=1S/C24H17ClFN3S/c1-16-24(30-21-5-3-2-4-6-21)22-12-7-17(25)13-23(22)29(16)20-14-27-28(15-20)19-10-8-18(26)9-11-19/h2-15H,1H3. The summed E-state index contributed by atoms with van der Waals surface area (Å²) in [5, 5.41) is 6.31. The highest BCUT2D eigenvalue weighted by Gasteiger charge is 2.18. The fraction of sp³-hybridized carbons (Fsp3) is 0.0417. The van der Waals surface area contributed by atoms with Crippen molar-refractivity contribution in [2.24, 2.45) is 0 Å². The Bertz CT molecular complexity index is 1340. The summed E-state index contributed by atoms with van der Waals surface area (Å²) >= 11 is 8.08. The van der Waals surface area contributed by atoms with Crippen molar-refractivity contribution in [2.45, 2.75) is 16.7 Å². The summed E-state index contributed by atoms with van der Waals surface area (Å²) in [6, 6.07) is 22.6. The van der Waals surface area contributed by atoms with Gasteiger partial charge in [0.2, 0.25) is 0 Å². The van der Waals surface area contributed by atoms with Crippen molar-refractivity contribution in [3.63, 3.8) is 0 Å². The number of hydrogen-bond donors (Lipinski definition) is 0. The van der Waals surface area contributed by atoms with Crippen LogP contribution < -0.4 is 0 Å². The van der Waals surface area contributed by atoms with E-state index in [1.807, 2.05) is 42.7 Å². The Morgan fingerprint density at radius 1 is 0.933 bits per heavy atom. The van der Waals surface area contributed by atoms with Crippen LogP contribution in [0.4, 0.5) is 4.39 Å². The molecule has 5 rings (SSSR count). The minimum Gasteiger partial charge on any atom is -0.310 e.